The second kappa shape index (κ2) is 49.0. The van der Waals surface area contributed by atoms with Crippen LogP contribution >= 0.6 is 38.6 Å². The molecule has 0 aliphatic carbocycles. The standard InChI is InChI=1S/C26H23FN2O5S.C15H13FN2OS.C11H11NO4.C10H11NO5.C9H10O4.C2H2BrN.CH4O.Na.H2O/c1-33-24-12-15(8-11-23(24)34-13-25(28)32)21(30)9-10-22(31)20-7-3-6-19(29-20)17-14-35-26-16(17)4-2-5-18(26)27;16-11-4-1-3-9-10(8-20-15(9)11)12-5-2-6-13(18-12)14(19)7-17;1-12-7-16-9-5-4-8(11(13)15-3)6-10(9)14-2;1-15-8-4-6(10(13)14)2-3-7(8)16-5-9(11)12;1-12-8-5-6(9(11)13-2)3-4-7(8)10;3-1-2-4;1-2;;/h2-8,11-12,14,22,31H,9-10,13H2,1H3,(H2,28,32);1-6,8,14,19H,7,17H2;4-6H,7H2,2-3H3;2-4H,5H2,1H3,(H2,11,12)(H,13,14);3-5,10H,1-2H3;1H2;2H,1H3;;1H2/q;;;;;;;+1;/p-1. The molecule has 34 heteroatoms. The number of rotatable bonds is 24. The van der Waals surface area contributed by atoms with Gasteiger partial charge in [-0.15, -0.1) is 22.7 Å². The number of carboxylic acids is 1. The minimum atomic E-state index is -1.07. The molecule has 0 aliphatic rings. The largest absolute Gasteiger partial charge is 1.00 e. The molecule has 0 saturated carbocycles. The van der Waals surface area contributed by atoms with Crippen LogP contribution in [0.3, 0.4) is 0 Å². The number of phenolic OH excluding ortho intramolecular Hbond substituents is 1. The predicted octanol–water partition coefficient (Wildman–Crippen LogP) is 8.29. The fraction of sp³-hybridized carbons (Fsp3) is 0.216. The van der Waals surface area contributed by atoms with Crippen molar-refractivity contribution in [2.24, 2.45) is 17.2 Å². The normalized spacial score (nSPS) is 10.3. The summed E-state index contributed by atoms with van der Waals surface area (Å²) in [5, 5.41) is 58.8. The van der Waals surface area contributed by atoms with E-state index in [1.54, 1.807) is 48.5 Å². The first-order valence-corrected chi connectivity index (χ1v) is 33.7. The molecule has 566 valence electrons. The molecule has 2 atom stereocenters. The number of thiophene rings is 2. The molecule has 0 spiro atoms. The fourth-order valence-electron chi connectivity index (χ4n) is 8.93. The Kier molecular flexibility index (Phi) is 42.3. The summed E-state index contributed by atoms with van der Waals surface area (Å²) in [5.41, 5.74) is 20.6. The van der Waals surface area contributed by atoms with E-state index in [9.17, 15) is 52.9 Å². The smallest absolute Gasteiger partial charge is 0.870 e. The second-order valence-corrected chi connectivity index (χ2v) is 23.0. The maximum Gasteiger partial charge on any atom is 1.00 e. The number of aromatic nitrogens is 2. The van der Waals surface area contributed by atoms with Crippen LogP contribution in [0.2, 0.25) is 0 Å². The maximum atomic E-state index is 14.1. The quantitative estimate of drug-likeness (QED) is 0.00926. The van der Waals surface area contributed by atoms with Gasteiger partial charge < -0.3 is 90.8 Å². The van der Waals surface area contributed by atoms with Gasteiger partial charge in [0.15, 0.2) is 65.0 Å². The number of phenols is 1. The van der Waals surface area contributed by atoms with Crippen LogP contribution in [-0.2, 0) is 19.1 Å². The van der Waals surface area contributed by atoms with Gasteiger partial charge >= 0.3 is 54.2 Å². The number of aliphatic hydroxyl groups excluding tert-OH is 3. The number of hydrogen-bond donors (Lipinski definition) is 8. The number of nitriles is 1. The van der Waals surface area contributed by atoms with Crippen molar-refractivity contribution in [1.29, 1.82) is 5.26 Å². The Hall–Kier alpha value is -10.9. The number of pyridine rings is 2. The van der Waals surface area contributed by atoms with E-state index < -0.39 is 41.9 Å². The molecule has 0 aliphatic heterocycles. The average Bonchev–Trinajstić information content (AvgIpc) is 1.66. The van der Waals surface area contributed by atoms with Crippen LogP contribution in [0, 0.1) is 29.5 Å². The number of ether oxygens (including phenoxy) is 9. The minimum absolute atomic E-state index is 0. The number of alkyl halides is 1. The molecule has 0 fully saturated rings. The number of halogens is 3. The molecule has 6 aromatic carbocycles. The fourth-order valence-corrected chi connectivity index (χ4v) is 10.9. The van der Waals surface area contributed by atoms with E-state index in [0.717, 1.165) is 29.0 Å². The van der Waals surface area contributed by atoms with Gasteiger partial charge in [-0.05, 0) is 116 Å². The van der Waals surface area contributed by atoms with E-state index in [0.29, 0.717) is 77.2 Å². The molecule has 4 aromatic heterocycles. The molecular formula is C74H75BrF2N7NaO21S2. The van der Waals surface area contributed by atoms with Gasteiger partial charge in [0.05, 0.1) is 109 Å². The van der Waals surface area contributed by atoms with E-state index in [1.165, 1.54) is 132 Å². The molecule has 0 radical (unpaired) electrons. The number of nitrogens with two attached hydrogens (primary N) is 3. The molecule has 28 nitrogen and oxygen atoms in total. The van der Waals surface area contributed by atoms with Gasteiger partial charge in [0, 0.05) is 58.3 Å². The third-order valence-electron chi connectivity index (χ3n) is 13.9. The van der Waals surface area contributed by atoms with Crippen molar-refractivity contribution < 1.29 is 141 Å². The number of aliphatic hydroxyl groups is 3. The van der Waals surface area contributed by atoms with Crippen LogP contribution < -0.4 is 79.9 Å². The minimum Gasteiger partial charge on any atom is -0.870 e. The summed E-state index contributed by atoms with van der Waals surface area (Å²) < 4.78 is 73.5. The summed E-state index contributed by atoms with van der Waals surface area (Å²) in [7, 11) is 9.27. The van der Waals surface area contributed by atoms with Gasteiger partial charge in [0.1, 0.15) is 17.7 Å². The summed E-state index contributed by atoms with van der Waals surface area (Å²) in [6.45, 7) is 6.04. The average molecular weight is 1600 g/mol. The number of amides is 2. The molecule has 0 bridgehead atoms. The number of aromatic hydroxyl groups is 1. The summed E-state index contributed by atoms with van der Waals surface area (Å²) >= 11 is 5.55. The first-order valence-electron chi connectivity index (χ1n) is 30.8. The van der Waals surface area contributed by atoms with Crippen LogP contribution in [0.5, 0.6) is 46.0 Å². The molecule has 0 saturated heterocycles. The van der Waals surface area contributed by atoms with E-state index >= 15 is 0 Å². The van der Waals surface area contributed by atoms with Gasteiger partial charge in [-0.3, -0.25) is 24.2 Å². The topological polar surface area (TPSA) is 449 Å². The van der Waals surface area contributed by atoms with E-state index in [4.69, 9.17) is 72.4 Å². The first-order chi connectivity index (χ1) is 50.9. The number of ketones is 1. The van der Waals surface area contributed by atoms with Crippen molar-refractivity contribution in [3.05, 3.63) is 213 Å². The molecule has 10 aromatic rings. The number of fused-ring (bicyclic) bond motifs is 2. The van der Waals surface area contributed by atoms with Gasteiger partial charge in [-0.2, -0.15) is 5.26 Å². The van der Waals surface area contributed by atoms with Crippen LogP contribution in [0.4, 0.5) is 8.78 Å². The SMILES string of the molecule is CO.COC(=O)c1ccc(O)c(OC)c1.COc1cc(C(=O)CCC(O)c2cccc(-c3csc4c(F)cccc34)n2)ccc1OCC(N)=O.COc1cc(C(=O)O)ccc1OCC(N)=O.N#CCBr.NCC(O)c1cccc(-c2csc3c(F)cccc23)n1.[C-]#[N+]COc1ccc(C(=O)OC)cc1OC.[Na+].[OH-]. The van der Waals surface area contributed by atoms with Crippen molar-refractivity contribution >= 4 is 94.3 Å². The Labute approximate surface area is 657 Å². The number of aromatic carboxylic acids is 1. The van der Waals surface area contributed by atoms with Crippen LogP contribution in [-0.4, -0.2) is 158 Å². The molecule has 2 amide bonds. The van der Waals surface area contributed by atoms with Gasteiger partial charge in [0.25, 0.3) is 11.8 Å². The number of Topliss-reactive ketones (excluding diaryl/α,β-unsaturated/α-hetero) is 1. The van der Waals surface area contributed by atoms with Crippen molar-refractivity contribution in [2.45, 2.75) is 25.0 Å². The van der Waals surface area contributed by atoms with Crippen molar-refractivity contribution in [2.75, 3.05) is 81.6 Å². The molecule has 108 heavy (non-hydrogen) atoms. The summed E-state index contributed by atoms with van der Waals surface area (Å²) in [4.78, 5) is 79.2. The zero-order valence-electron chi connectivity index (χ0n) is 59.4. The Morgan fingerprint density at radius 2 is 0.972 bits per heavy atom. The number of benzene rings is 6. The number of carbonyl (C=O) groups excluding carboxylic acids is 5. The number of carbonyl (C=O) groups is 6. The summed E-state index contributed by atoms with van der Waals surface area (Å²) in [6.07, 6.45) is -1.50. The molecule has 10 rings (SSSR count). The molecule has 4 heterocycles. The van der Waals surface area contributed by atoms with Gasteiger partial charge in [-0.1, -0.05) is 52.3 Å². The van der Waals surface area contributed by atoms with E-state index in [1.807, 2.05) is 47.2 Å². The number of carboxylic acid groups (broad SMARTS) is 1. The molecular weight excluding hydrogens is 1530 g/mol. The zero-order valence-corrected chi connectivity index (χ0v) is 64.6. The van der Waals surface area contributed by atoms with Gasteiger partial charge in [-0.25, -0.2) is 34.7 Å². The number of hydrogen-bond acceptors (Lipinski definition) is 26. The molecule has 12 N–H and O–H groups in total. The Morgan fingerprint density at radius 1 is 0.583 bits per heavy atom. The Balaban J connectivity index is 0.000000470. The third kappa shape index (κ3) is 28.1. The second-order valence-electron chi connectivity index (χ2n) is 20.7. The van der Waals surface area contributed by atoms with Crippen LogP contribution in [0.15, 0.2) is 156 Å². The number of nitrogens with zero attached hydrogens (tertiary/aromatic N) is 4. The van der Waals surface area contributed by atoms with Crippen molar-refractivity contribution in [3.8, 4) is 74.6 Å². The predicted molar refractivity (Wildman–Crippen MR) is 397 cm³/mol. The first kappa shape index (κ1) is 93.2. The number of primary amides is 2. The third-order valence-corrected chi connectivity index (χ3v) is 16.2. The monoisotopic (exact) mass is 1600 g/mol. The maximum absolute atomic E-state index is 14.1. The number of esters is 2. The van der Waals surface area contributed by atoms with Gasteiger partial charge in [0.2, 0.25) is 0 Å². The Bertz CT molecular complexity index is 4700. The van der Waals surface area contributed by atoms with E-state index in [2.05, 4.69) is 40.2 Å². The Morgan fingerprint density at radius 3 is 1.38 bits per heavy atom. The van der Waals surface area contributed by atoms with Crippen molar-refractivity contribution in [3.63, 3.8) is 0 Å². The van der Waals surface area contributed by atoms with Crippen molar-refractivity contribution in [1.82, 2.24) is 9.97 Å². The van der Waals surface area contributed by atoms with Crippen LogP contribution in [0.25, 0.3) is 47.5 Å². The van der Waals surface area contributed by atoms with Crippen LogP contribution in [0.1, 0.15) is 77.9 Å². The summed E-state index contributed by atoms with van der Waals surface area (Å²) in [5.74, 6) is -1.76. The zero-order chi connectivity index (χ0) is 78.4. The molecule has 2 unspecified atom stereocenters. The van der Waals surface area contributed by atoms with E-state index in [-0.39, 0.29) is 120 Å². The number of methoxy groups -OCH3 is 6. The summed E-state index contributed by atoms with van der Waals surface area (Å²) in [6, 6.07) is 40.0.